The number of allylic oxidation sites excluding steroid dienone is 1. The van der Waals surface area contributed by atoms with E-state index in [1.807, 2.05) is 42.6 Å². The molecule has 1 aliphatic rings. The molecule has 4 heterocycles. The van der Waals surface area contributed by atoms with Crippen molar-refractivity contribution in [2.24, 2.45) is 0 Å². The van der Waals surface area contributed by atoms with E-state index in [0.717, 1.165) is 21.6 Å². The zero-order chi connectivity index (χ0) is 20.5. The van der Waals surface area contributed by atoms with Crippen molar-refractivity contribution < 1.29 is 9.53 Å². The van der Waals surface area contributed by atoms with Crippen LogP contribution in [0, 0.1) is 0 Å². The zero-order valence-electron chi connectivity index (χ0n) is 16.0. The summed E-state index contributed by atoms with van der Waals surface area (Å²) in [6, 6.07) is 13.3. The molecule has 0 radical (unpaired) electrons. The normalized spacial score (nSPS) is 15.6. The number of nitrogens with zero attached hydrogens (tertiary/aromatic N) is 4. The highest BCUT2D eigenvalue weighted by Crippen LogP contribution is 2.39. The van der Waals surface area contributed by atoms with Crippen LogP contribution in [0.25, 0.3) is 11.1 Å². The van der Waals surface area contributed by atoms with E-state index in [1.54, 1.807) is 27.4 Å². The fraction of sp³-hybridized carbons (Fsp3) is 0.143. The Balaban J connectivity index is 1.49. The van der Waals surface area contributed by atoms with E-state index in [0.29, 0.717) is 17.2 Å². The Morgan fingerprint density at radius 2 is 2.07 bits per heavy atom. The molecular formula is C21H17N5O2S2. The van der Waals surface area contributed by atoms with E-state index in [9.17, 15) is 4.79 Å². The van der Waals surface area contributed by atoms with Crippen molar-refractivity contribution in [2.75, 3.05) is 5.32 Å². The van der Waals surface area contributed by atoms with Crippen molar-refractivity contribution in [1.29, 1.82) is 0 Å². The molecule has 1 N–H and O–H groups in total. The molecule has 1 unspecified atom stereocenters. The van der Waals surface area contributed by atoms with Gasteiger partial charge in [-0.1, -0.05) is 35.4 Å². The lowest BCUT2D eigenvalue weighted by molar-refractivity contribution is -0.140. The van der Waals surface area contributed by atoms with Gasteiger partial charge in [0, 0.05) is 10.6 Å². The van der Waals surface area contributed by atoms with Crippen molar-refractivity contribution in [3.63, 3.8) is 0 Å². The number of thiophene rings is 2. The molecular weight excluding hydrogens is 418 g/mol. The number of nitrogens with one attached hydrogen (secondary N) is 1. The standard InChI is InChI=1S/C21H17N5O2S2/c1-13-18(20(27)28-10-14-5-3-2-4-6-14)19(26-21(22-13)23-24-25-26)17-9-16(12-30-17)15-7-8-29-11-15/h2-9,11-12,19H,10H2,1H3,(H,22,23,25). The third-order valence-electron chi connectivity index (χ3n) is 4.89. The van der Waals surface area contributed by atoms with Crippen LogP contribution in [0.2, 0.25) is 0 Å². The van der Waals surface area contributed by atoms with Gasteiger partial charge in [-0.3, -0.25) is 0 Å². The Kier molecular flexibility index (Phi) is 4.89. The molecule has 9 heteroatoms. The van der Waals surface area contributed by atoms with Gasteiger partial charge in [-0.2, -0.15) is 16.0 Å². The van der Waals surface area contributed by atoms with E-state index in [2.05, 4.69) is 43.7 Å². The lowest BCUT2D eigenvalue weighted by Crippen LogP contribution is -2.29. The molecule has 1 aromatic carbocycles. The summed E-state index contributed by atoms with van der Waals surface area (Å²) in [5.74, 6) is 0.114. The van der Waals surface area contributed by atoms with Crippen LogP contribution in [0.5, 0.6) is 0 Å². The molecule has 0 amide bonds. The van der Waals surface area contributed by atoms with Crippen molar-refractivity contribution in [1.82, 2.24) is 20.2 Å². The number of benzene rings is 1. The highest BCUT2D eigenvalue weighted by Gasteiger charge is 2.36. The fourth-order valence-corrected chi connectivity index (χ4v) is 5.09. The van der Waals surface area contributed by atoms with Gasteiger partial charge in [-0.05, 0) is 62.3 Å². The maximum absolute atomic E-state index is 13.1. The van der Waals surface area contributed by atoms with Crippen molar-refractivity contribution >= 4 is 34.6 Å². The van der Waals surface area contributed by atoms with E-state index >= 15 is 0 Å². The topological polar surface area (TPSA) is 81.9 Å². The molecule has 0 saturated heterocycles. The quantitative estimate of drug-likeness (QED) is 0.465. The van der Waals surface area contributed by atoms with Crippen LogP contribution < -0.4 is 5.32 Å². The molecule has 0 bridgehead atoms. The number of rotatable bonds is 5. The second-order valence-electron chi connectivity index (χ2n) is 6.82. The minimum Gasteiger partial charge on any atom is -0.457 e. The number of ether oxygens (including phenoxy) is 1. The summed E-state index contributed by atoms with van der Waals surface area (Å²) in [7, 11) is 0. The third-order valence-corrected chi connectivity index (χ3v) is 6.56. The van der Waals surface area contributed by atoms with E-state index < -0.39 is 6.04 Å². The van der Waals surface area contributed by atoms with Gasteiger partial charge in [0.25, 0.3) is 0 Å². The van der Waals surface area contributed by atoms with Crippen LogP contribution in [-0.4, -0.2) is 26.2 Å². The molecule has 0 saturated carbocycles. The summed E-state index contributed by atoms with van der Waals surface area (Å²) >= 11 is 3.23. The molecule has 1 aliphatic heterocycles. The third kappa shape index (κ3) is 3.42. The average molecular weight is 436 g/mol. The first-order chi connectivity index (χ1) is 14.7. The van der Waals surface area contributed by atoms with Crippen molar-refractivity contribution in [2.45, 2.75) is 19.6 Å². The number of tetrazole rings is 1. The Morgan fingerprint density at radius 1 is 1.20 bits per heavy atom. The molecule has 0 spiro atoms. The number of aromatic nitrogens is 4. The average Bonchev–Trinajstić information content (AvgIpc) is 3.52. The number of hydrogen-bond acceptors (Lipinski definition) is 8. The molecule has 7 nitrogen and oxygen atoms in total. The predicted octanol–water partition coefficient (Wildman–Crippen LogP) is 4.50. The van der Waals surface area contributed by atoms with Gasteiger partial charge in [0.2, 0.25) is 5.95 Å². The maximum Gasteiger partial charge on any atom is 0.338 e. The highest BCUT2D eigenvalue weighted by atomic mass is 32.1. The molecule has 3 aromatic heterocycles. The van der Waals surface area contributed by atoms with Crippen LogP contribution >= 0.6 is 22.7 Å². The summed E-state index contributed by atoms with van der Waals surface area (Å²) in [5, 5.41) is 21.3. The second-order valence-corrected chi connectivity index (χ2v) is 8.55. The maximum atomic E-state index is 13.1. The second kappa shape index (κ2) is 7.85. The van der Waals surface area contributed by atoms with Crippen LogP contribution in [0.1, 0.15) is 23.4 Å². The molecule has 4 aromatic rings. The first-order valence-electron chi connectivity index (χ1n) is 9.28. The number of carbonyl (C=O) groups excluding carboxylic acids is 1. The van der Waals surface area contributed by atoms with E-state index in [4.69, 9.17) is 4.74 Å². The van der Waals surface area contributed by atoms with Gasteiger partial charge in [0.15, 0.2) is 0 Å². The first kappa shape index (κ1) is 18.7. The smallest absolute Gasteiger partial charge is 0.338 e. The fourth-order valence-electron chi connectivity index (χ4n) is 3.42. The van der Waals surface area contributed by atoms with Crippen molar-refractivity contribution in [3.8, 4) is 11.1 Å². The number of esters is 1. The van der Waals surface area contributed by atoms with Crippen LogP contribution in [0.15, 0.2) is 69.9 Å². The molecule has 150 valence electrons. The Labute approximate surface area is 180 Å². The van der Waals surface area contributed by atoms with E-state index in [-0.39, 0.29) is 12.6 Å². The SMILES string of the molecule is CC1=C(C(=O)OCc2ccccc2)C(c2cc(-c3ccsc3)cs2)n2nnnc2N1. The largest absolute Gasteiger partial charge is 0.457 e. The number of anilines is 1. The summed E-state index contributed by atoms with van der Waals surface area (Å²) in [6.45, 7) is 2.05. The Hall–Kier alpha value is -3.30. The zero-order valence-corrected chi connectivity index (χ0v) is 17.6. The minimum atomic E-state index is -0.447. The van der Waals surface area contributed by atoms with Gasteiger partial charge in [0.1, 0.15) is 12.6 Å². The van der Waals surface area contributed by atoms with Gasteiger partial charge >= 0.3 is 5.97 Å². The Morgan fingerprint density at radius 3 is 2.87 bits per heavy atom. The Bertz CT molecular complexity index is 1210. The van der Waals surface area contributed by atoms with Gasteiger partial charge in [-0.15, -0.1) is 11.3 Å². The van der Waals surface area contributed by atoms with Gasteiger partial charge in [-0.25, -0.2) is 4.79 Å². The molecule has 5 rings (SSSR count). The molecule has 0 aliphatic carbocycles. The van der Waals surface area contributed by atoms with Crippen LogP contribution in [0.3, 0.4) is 0 Å². The first-order valence-corrected chi connectivity index (χ1v) is 11.1. The van der Waals surface area contributed by atoms with Crippen LogP contribution in [0.4, 0.5) is 5.95 Å². The number of hydrogen-bond donors (Lipinski definition) is 1. The monoisotopic (exact) mass is 435 g/mol. The lowest BCUT2D eigenvalue weighted by Gasteiger charge is -2.26. The summed E-state index contributed by atoms with van der Waals surface area (Å²) < 4.78 is 7.28. The molecule has 1 atom stereocenters. The molecule has 30 heavy (non-hydrogen) atoms. The summed E-state index contributed by atoms with van der Waals surface area (Å²) in [4.78, 5) is 14.1. The summed E-state index contributed by atoms with van der Waals surface area (Å²) in [5.41, 5.74) is 4.39. The molecule has 0 fully saturated rings. The summed E-state index contributed by atoms with van der Waals surface area (Å²) in [6.07, 6.45) is 0. The highest BCUT2D eigenvalue weighted by molar-refractivity contribution is 7.10. The van der Waals surface area contributed by atoms with Gasteiger partial charge in [0.05, 0.1) is 5.57 Å². The minimum absolute atomic E-state index is 0.205. The number of carbonyl (C=O) groups is 1. The van der Waals surface area contributed by atoms with Crippen LogP contribution in [-0.2, 0) is 16.1 Å². The number of fused-ring (bicyclic) bond motifs is 1. The van der Waals surface area contributed by atoms with E-state index in [1.165, 1.54) is 0 Å². The van der Waals surface area contributed by atoms with Gasteiger partial charge < -0.3 is 10.1 Å². The predicted molar refractivity (Wildman–Crippen MR) is 116 cm³/mol. The van der Waals surface area contributed by atoms with Crippen molar-refractivity contribution in [3.05, 3.63) is 80.3 Å². The lowest BCUT2D eigenvalue weighted by atomic mass is 10.0.